The van der Waals surface area contributed by atoms with Crippen LogP contribution >= 0.6 is 11.8 Å². The molecule has 0 aliphatic carbocycles. The van der Waals surface area contributed by atoms with Crippen LogP contribution in [0.25, 0.3) is 0 Å². The lowest BCUT2D eigenvalue weighted by Gasteiger charge is -2.10. The molecule has 0 saturated heterocycles. The molecule has 3 rings (SSSR count). The van der Waals surface area contributed by atoms with E-state index in [1.54, 1.807) is 30.5 Å². The Hall–Kier alpha value is -4.65. The summed E-state index contributed by atoms with van der Waals surface area (Å²) in [7, 11) is 0. The van der Waals surface area contributed by atoms with E-state index in [0.717, 1.165) is 22.4 Å². The highest BCUT2D eigenvalue weighted by Crippen LogP contribution is 2.25. The molecule has 13 heteroatoms. The number of aryl methyl sites for hydroxylation is 2. The molecule has 9 nitrogen and oxygen atoms in total. The summed E-state index contributed by atoms with van der Waals surface area (Å²) in [4.78, 5) is 21.1. The molecule has 3 aromatic carbocycles. The molecule has 0 unspecified atom stereocenters. The molecule has 0 saturated carbocycles. The zero-order chi connectivity index (χ0) is 32.1. The normalized spacial score (nSPS) is 12.1. The van der Waals surface area contributed by atoms with Crippen molar-refractivity contribution >= 4 is 52.6 Å². The second-order valence-corrected chi connectivity index (χ2v) is 10.9. The highest BCUT2D eigenvalue weighted by molar-refractivity contribution is 8.14. The number of nitrogens with zero attached hydrogens (tertiary/aromatic N) is 3. The minimum Gasteiger partial charge on any atom is -0.406 e. The first kappa shape index (κ1) is 33.8. The van der Waals surface area contributed by atoms with Gasteiger partial charge in [0, 0.05) is 17.8 Å². The minimum absolute atomic E-state index is 0.0219. The van der Waals surface area contributed by atoms with E-state index in [2.05, 4.69) is 30.9 Å². The van der Waals surface area contributed by atoms with Crippen LogP contribution in [0.4, 0.5) is 24.5 Å². The number of benzene rings is 3. The number of rotatable bonds is 11. The number of hydrazone groups is 1. The molecule has 232 valence electrons. The largest absolute Gasteiger partial charge is 0.573 e. The number of ether oxygens (including phenoxy) is 1. The average Bonchev–Trinajstić information content (AvgIpc) is 2.96. The summed E-state index contributed by atoms with van der Waals surface area (Å²) in [6.07, 6.45) is -1.88. The van der Waals surface area contributed by atoms with Gasteiger partial charge in [0.15, 0.2) is 11.0 Å². The van der Waals surface area contributed by atoms with Gasteiger partial charge in [-0.3, -0.25) is 15.6 Å². The zero-order valence-corrected chi connectivity index (χ0v) is 25.5. The van der Waals surface area contributed by atoms with E-state index in [-0.39, 0.29) is 23.2 Å². The van der Waals surface area contributed by atoms with Crippen LogP contribution in [0.2, 0.25) is 0 Å². The van der Waals surface area contributed by atoms with Crippen molar-refractivity contribution in [1.82, 2.24) is 10.7 Å². The molecule has 0 spiro atoms. The van der Waals surface area contributed by atoms with Gasteiger partial charge >= 0.3 is 6.36 Å². The summed E-state index contributed by atoms with van der Waals surface area (Å²) in [6.45, 7) is 8.61. The smallest absolute Gasteiger partial charge is 0.406 e. The summed E-state index contributed by atoms with van der Waals surface area (Å²) >= 11 is 1.26. The van der Waals surface area contributed by atoms with Gasteiger partial charge in [-0.05, 0) is 60.7 Å². The number of nitrogens with one attached hydrogen (secondary N) is 4. The Kier molecular flexibility index (Phi) is 12.5. The van der Waals surface area contributed by atoms with Crippen LogP contribution in [0.3, 0.4) is 0 Å². The molecule has 1 amide bonds. The number of thioether (sulfide) groups is 1. The van der Waals surface area contributed by atoms with Gasteiger partial charge in [0.25, 0.3) is 0 Å². The average molecular weight is 626 g/mol. The van der Waals surface area contributed by atoms with E-state index in [4.69, 9.17) is 10.4 Å². The molecule has 4 N–H and O–H groups in total. The Morgan fingerprint density at radius 2 is 1.68 bits per heavy atom. The van der Waals surface area contributed by atoms with Crippen molar-refractivity contribution < 1.29 is 22.7 Å². The van der Waals surface area contributed by atoms with Crippen LogP contribution in [0.5, 0.6) is 5.75 Å². The Morgan fingerprint density at radius 3 is 2.30 bits per heavy atom. The maximum Gasteiger partial charge on any atom is 0.573 e. The minimum atomic E-state index is -4.76. The summed E-state index contributed by atoms with van der Waals surface area (Å²) < 4.78 is 40.7. The van der Waals surface area contributed by atoms with E-state index in [9.17, 15) is 18.0 Å². The molecule has 0 aliphatic rings. The first-order valence-electron chi connectivity index (χ1n) is 13.6. The van der Waals surface area contributed by atoms with Gasteiger partial charge in [0.1, 0.15) is 5.75 Å². The predicted octanol–water partition coefficient (Wildman–Crippen LogP) is 6.78. The van der Waals surface area contributed by atoms with Gasteiger partial charge < -0.3 is 15.4 Å². The maximum atomic E-state index is 12.3. The summed E-state index contributed by atoms with van der Waals surface area (Å²) in [5.74, 6) is 0.0893. The lowest BCUT2D eigenvalue weighted by molar-refractivity contribution is -0.274. The van der Waals surface area contributed by atoms with E-state index in [0.29, 0.717) is 28.9 Å². The summed E-state index contributed by atoms with van der Waals surface area (Å²) in [6, 6.07) is 18.0. The molecule has 0 atom stereocenters. The number of carbonyl (C=O) groups excluding carboxylic acids is 1. The predicted molar refractivity (Wildman–Crippen MR) is 173 cm³/mol. The van der Waals surface area contributed by atoms with Gasteiger partial charge in [-0.25, -0.2) is 9.98 Å². The number of anilines is 1. The van der Waals surface area contributed by atoms with E-state index < -0.39 is 6.36 Å². The quantitative estimate of drug-likeness (QED) is 0.106. The molecule has 0 bridgehead atoms. The maximum absolute atomic E-state index is 12.3. The van der Waals surface area contributed by atoms with Crippen molar-refractivity contribution in [3.05, 3.63) is 89.0 Å². The molecule has 0 heterocycles. The SMILES string of the molecule is Cc1cccc(C)c1/N=C(/N/N=C/c1ccc(C(=N)/N=C\Nc2ccc(OC(F)(F)F)cc2)cc1)SCC(=O)NCC(C)C. The fraction of sp³-hybridized carbons (Fsp3) is 0.258. The second-order valence-electron chi connectivity index (χ2n) is 9.96. The second kappa shape index (κ2) is 16.3. The molecular weight excluding hydrogens is 591 g/mol. The highest BCUT2D eigenvalue weighted by atomic mass is 32.2. The summed E-state index contributed by atoms with van der Waals surface area (Å²) in [5.41, 5.74) is 7.54. The first-order chi connectivity index (χ1) is 20.9. The Balaban J connectivity index is 1.60. The molecule has 0 aromatic heterocycles. The highest BCUT2D eigenvalue weighted by Gasteiger charge is 2.30. The third-order valence-corrected chi connectivity index (χ3v) is 6.63. The molecule has 0 aliphatic heterocycles. The third kappa shape index (κ3) is 11.9. The van der Waals surface area contributed by atoms with E-state index in [1.165, 1.54) is 42.4 Å². The van der Waals surface area contributed by atoms with Crippen LogP contribution in [0.15, 0.2) is 81.8 Å². The molecule has 44 heavy (non-hydrogen) atoms. The number of carbonyl (C=O) groups is 1. The topological polar surface area (TPSA) is 123 Å². The number of halogens is 3. The third-order valence-electron chi connectivity index (χ3n) is 5.77. The van der Waals surface area contributed by atoms with Crippen molar-refractivity contribution in [1.29, 1.82) is 5.41 Å². The van der Waals surface area contributed by atoms with Crippen LogP contribution in [0.1, 0.15) is 36.1 Å². The number of hydrogen-bond donors (Lipinski definition) is 4. The zero-order valence-electron chi connectivity index (χ0n) is 24.7. The van der Waals surface area contributed by atoms with E-state index >= 15 is 0 Å². The van der Waals surface area contributed by atoms with Crippen LogP contribution in [-0.2, 0) is 4.79 Å². The Morgan fingerprint density at radius 1 is 1.02 bits per heavy atom. The molecule has 0 radical (unpaired) electrons. The molecule has 0 fully saturated rings. The fourth-order valence-electron chi connectivity index (χ4n) is 3.56. The van der Waals surface area contributed by atoms with Gasteiger partial charge in [0.05, 0.1) is 24.0 Å². The number of amides is 1. The number of aliphatic imine (C=N–C) groups is 2. The van der Waals surface area contributed by atoms with Crippen molar-refractivity contribution in [3.63, 3.8) is 0 Å². The van der Waals surface area contributed by atoms with Gasteiger partial charge in [-0.1, -0.05) is 68.1 Å². The summed E-state index contributed by atoms with van der Waals surface area (Å²) in [5, 5.41) is 18.7. The standard InChI is InChI=1S/C31H34F3N7O2S/c1-20(2)16-36-27(42)18-44-30(40-28-21(3)6-5-7-22(28)4)41-39-17-23-8-10-24(11-9-23)29(35)38-19-37-25-12-14-26(15-13-25)43-31(32,33)34/h5-15,17,19-20H,16,18H2,1-4H3,(H,36,42)(H,40,41)(H2,35,37,38)/b39-17+. The fourth-order valence-corrected chi connectivity index (χ4v) is 4.21. The Labute approximate surface area is 258 Å². The Bertz CT molecular complexity index is 1480. The van der Waals surface area contributed by atoms with Crippen LogP contribution < -0.4 is 20.8 Å². The molecular formula is C31H34F3N7O2S. The lowest BCUT2D eigenvalue weighted by Crippen LogP contribution is -2.30. The number of amidine groups is 2. The van der Waals surface area contributed by atoms with Gasteiger partial charge in [0.2, 0.25) is 5.91 Å². The van der Waals surface area contributed by atoms with Crippen molar-refractivity contribution in [2.24, 2.45) is 21.0 Å². The lowest BCUT2D eigenvalue weighted by atomic mass is 10.1. The number of alkyl halides is 3. The van der Waals surface area contributed by atoms with Crippen molar-refractivity contribution in [2.75, 3.05) is 17.6 Å². The monoisotopic (exact) mass is 625 g/mol. The van der Waals surface area contributed by atoms with Gasteiger partial charge in [-0.15, -0.1) is 13.2 Å². The van der Waals surface area contributed by atoms with Crippen molar-refractivity contribution in [2.45, 2.75) is 34.1 Å². The number of para-hydroxylation sites is 1. The van der Waals surface area contributed by atoms with Crippen LogP contribution in [0, 0.1) is 25.2 Å². The van der Waals surface area contributed by atoms with E-state index in [1.807, 2.05) is 45.9 Å². The molecule has 3 aromatic rings. The van der Waals surface area contributed by atoms with Crippen molar-refractivity contribution in [3.8, 4) is 5.75 Å². The number of hydrogen-bond acceptors (Lipinski definition) is 6. The first-order valence-corrected chi connectivity index (χ1v) is 14.6. The van der Waals surface area contributed by atoms with Gasteiger partial charge in [-0.2, -0.15) is 5.10 Å². The van der Waals surface area contributed by atoms with Crippen LogP contribution in [-0.4, -0.2) is 48.1 Å².